The van der Waals surface area contributed by atoms with Gasteiger partial charge in [-0.05, 0) is 48.7 Å². The lowest BCUT2D eigenvalue weighted by Crippen LogP contribution is -2.33. The highest BCUT2D eigenvalue weighted by Gasteiger charge is 2.15. The Morgan fingerprint density at radius 1 is 1.47 bits per heavy atom. The zero-order valence-electron chi connectivity index (χ0n) is 11.6. The molecule has 6 heteroatoms. The summed E-state index contributed by atoms with van der Waals surface area (Å²) in [7, 11) is 1.57. The number of pyridine rings is 1. The van der Waals surface area contributed by atoms with Gasteiger partial charge in [-0.15, -0.1) is 0 Å². The number of rotatable bonds is 4. The molecule has 106 valence electrons. The number of methoxy groups -OCH3 is 1. The minimum atomic E-state index is -0.482. The smallest absolute Gasteiger partial charge is 0.407 e. The summed E-state index contributed by atoms with van der Waals surface area (Å²) in [6.07, 6.45) is 1.94. The fourth-order valence-corrected chi connectivity index (χ4v) is 1.79. The average molecular weight is 331 g/mol. The average Bonchev–Trinajstić information content (AvgIpc) is 2.29. The Kier molecular flexibility index (Phi) is 5.60. The van der Waals surface area contributed by atoms with Crippen molar-refractivity contribution in [3.63, 3.8) is 0 Å². The highest BCUT2D eigenvalue weighted by molar-refractivity contribution is 9.10. The molecule has 1 amide bonds. The van der Waals surface area contributed by atoms with E-state index >= 15 is 0 Å². The molecule has 1 aromatic rings. The first kappa shape index (κ1) is 15.8. The zero-order valence-corrected chi connectivity index (χ0v) is 13.2. The van der Waals surface area contributed by atoms with Crippen molar-refractivity contribution >= 4 is 22.0 Å². The molecule has 1 N–H and O–H groups in total. The molecule has 1 heterocycles. The second-order valence-electron chi connectivity index (χ2n) is 5.00. The molecule has 0 radical (unpaired) electrons. The van der Waals surface area contributed by atoms with Gasteiger partial charge in [-0.25, -0.2) is 9.78 Å². The quantitative estimate of drug-likeness (QED) is 0.922. The number of carbonyl (C=O) groups is 1. The van der Waals surface area contributed by atoms with Crippen LogP contribution in [0.3, 0.4) is 0 Å². The van der Waals surface area contributed by atoms with E-state index in [-0.39, 0.29) is 0 Å². The fourth-order valence-electron chi connectivity index (χ4n) is 1.38. The van der Waals surface area contributed by atoms with E-state index in [9.17, 15) is 4.79 Å². The summed E-state index contributed by atoms with van der Waals surface area (Å²) in [6.45, 7) is 5.98. The van der Waals surface area contributed by atoms with Crippen LogP contribution in [0.15, 0.2) is 16.7 Å². The molecule has 0 aliphatic rings. The number of aromatic nitrogens is 1. The van der Waals surface area contributed by atoms with Crippen molar-refractivity contribution in [2.24, 2.45) is 0 Å². The highest BCUT2D eigenvalue weighted by Crippen LogP contribution is 2.19. The number of alkyl carbamates (subject to hydrolysis) is 1. The van der Waals surface area contributed by atoms with Gasteiger partial charge in [0.25, 0.3) is 0 Å². The first-order valence-corrected chi connectivity index (χ1v) is 6.76. The van der Waals surface area contributed by atoms with Gasteiger partial charge >= 0.3 is 6.09 Å². The van der Waals surface area contributed by atoms with Crippen molar-refractivity contribution in [1.29, 1.82) is 0 Å². The van der Waals surface area contributed by atoms with Gasteiger partial charge in [0, 0.05) is 23.3 Å². The predicted molar refractivity (Wildman–Crippen MR) is 76.4 cm³/mol. The van der Waals surface area contributed by atoms with E-state index in [2.05, 4.69) is 26.2 Å². The molecule has 1 rings (SSSR count). The number of carbonyl (C=O) groups excluding carboxylic acids is 1. The van der Waals surface area contributed by atoms with Gasteiger partial charge in [0.15, 0.2) is 0 Å². The second kappa shape index (κ2) is 6.75. The van der Waals surface area contributed by atoms with Gasteiger partial charge in [0.1, 0.15) is 5.60 Å². The maximum atomic E-state index is 11.5. The Morgan fingerprint density at radius 3 is 2.74 bits per heavy atom. The number of nitrogens with one attached hydrogen (secondary N) is 1. The predicted octanol–water partition coefficient (Wildman–Crippen LogP) is 2.92. The van der Waals surface area contributed by atoms with Crippen LogP contribution in [0.2, 0.25) is 0 Å². The van der Waals surface area contributed by atoms with Crippen LogP contribution in [0, 0.1) is 0 Å². The molecule has 0 saturated carbocycles. The summed E-state index contributed by atoms with van der Waals surface area (Å²) in [6, 6.07) is 1.83. The van der Waals surface area contributed by atoms with Crippen LogP contribution in [0.1, 0.15) is 26.3 Å². The SMILES string of the molecule is COc1cc(CCNC(=O)OC(C)(C)C)c(Br)cn1. The van der Waals surface area contributed by atoms with Gasteiger partial charge in [0.05, 0.1) is 7.11 Å². The molecule has 0 fully saturated rings. The Morgan fingerprint density at radius 2 is 2.16 bits per heavy atom. The van der Waals surface area contributed by atoms with Crippen molar-refractivity contribution in [2.45, 2.75) is 32.8 Å². The number of nitrogens with zero attached hydrogens (tertiary/aromatic N) is 1. The number of hydrogen-bond acceptors (Lipinski definition) is 4. The van der Waals surface area contributed by atoms with Crippen LogP contribution in [0.5, 0.6) is 5.88 Å². The van der Waals surface area contributed by atoms with E-state index in [1.54, 1.807) is 13.3 Å². The lowest BCUT2D eigenvalue weighted by Gasteiger charge is -2.19. The molecule has 19 heavy (non-hydrogen) atoms. The third kappa shape index (κ3) is 5.92. The van der Waals surface area contributed by atoms with E-state index in [0.29, 0.717) is 18.8 Å². The summed E-state index contributed by atoms with van der Waals surface area (Å²) >= 11 is 3.41. The molecule has 0 aliphatic carbocycles. The molecule has 1 aromatic heterocycles. The van der Waals surface area contributed by atoms with E-state index in [0.717, 1.165) is 10.0 Å². The summed E-state index contributed by atoms with van der Waals surface area (Å²) < 4.78 is 11.1. The van der Waals surface area contributed by atoms with Crippen molar-refractivity contribution in [3.8, 4) is 5.88 Å². The van der Waals surface area contributed by atoms with Crippen LogP contribution < -0.4 is 10.1 Å². The third-order valence-corrected chi connectivity index (χ3v) is 2.90. The van der Waals surface area contributed by atoms with Gasteiger partial charge in [-0.1, -0.05) is 0 Å². The summed E-state index contributed by atoms with van der Waals surface area (Å²) in [5.41, 5.74) is 0.535. The largest absolute Gasteiger partial charge is 0.481 e. The van der Waals surface area contributed by atoms with E-state index in [1.807, 2.05) is 26.8 Å². The van der Waals surface area contributed by atoms with E-state index in [1.165, 1.54) is 0 Å². The zero-order chi connectivity index (χ0) is 14.5. The molecule has 0 aliphatic heterocycles. The van der Waals surface area contributed by atoms with E-state index < -0.39 is 11.7 Å². The Bertz CT molecular complexity index is 444. The molecule has 0 bridgehead atoms. The number of halogens is 1. The van der Waals surface area contributed by atoms with E-state index in [4.69, 9.17) is 9.47 Å². The van der Waals surface area contributed by atoms with Gasteiger partial charge < -0.3 is 14.8 Å². The van der Waals surface area contributed by atoms with Crippen molar-refractivity contribution in [2.75, 3.05) is 13.7 Å². The monoisotopic (exact) mass is 330 g/mol. The lowest BCUT2D eigenvalue weighted by molar-refractivity contribution is 0.0528. The molecule has 0 atom stereocenters. The second-order valence-corrected chi connectivity index (χ2v) is 5.85. The van der Waals surface area contributed by atoms with Crippen LogP contribution in [0.4, 0.5) is 4.79 Å². The fraction of sp³-hybridized carbons (Fsp3) is 0.538. The molecular weight excluding hydrogens is 312 g/mol. The minimum Gasteiger partial charge on any atom is -0.481 e. The maximum Gasteiger partial charge on any atom is 0.407 e. The molecule has 0 unspecified atom stereocenters. The molecule has 0 spiro atoms. The summed E-state index contributed by atoms with van der Waals surface area (Å²) in [5.74, 6) is 0.551. The van der Waals surface area contributed by atoms with Crippen LogP contribution in [0.25, 0.3) is 0 Å². The molecule has 5 nitrogen and oxygen atoms in total. The van der Waals surface area contributed by atoms with Crippen molar-refractivity contribution in [1.82, 2.24) is 10.3 Å². The molecular formula is C13H19BrN2O3. The summed E-state index contributed by atoms with van der Waals surface area (Å²) in [5, 5.41) is 2.71. The Balaban J connectivity index is 2.47. The minimum absolute atomic E-state index is 0.412. The first-order valence-electron chi connectivity index (χ1n) is 5.97. The first-order chi connectivity index (χ1) is 8.81. The van der Waals surface area contributed by atoms with Crippen LogP contribution >= 0.6 is 15.9 Å². The molecule has 0 saturated heterocycles. The highest BCUT2D eigenvalue weighted by atomic mass is 79.9. The third-order valence-electron chi connectivity index (χ3n) is 2.18. The standard InChI is InChI=1S/C13H19BrN2O3/c1-13(2,3)19-12(17)15-6-5-9-7-11(18-4)16-8-10(9)14/h7-8H,5-6H2,1-4H3,(H,15,17). The summed E-state index contributed by atoms with van der Waals surface area (Å²) in [4.78, 5) is 15.5. The normalized spacial score (nSPS) is 11.0. The van der Waals surface area contributed by atoms with Gasteiger partial charge in [-0.3, -0.25) is 0 Å². The Hall–Kier alpha value is -1.30. The lowest BCUT2D eigenvalue weighted by atomic mass is 10.2. The van der Waals surface area contributed by atoms with Crippen molar-refractivity contribution in [3.05, 3.63) is 22.3 Å². The molecule has 0 aromatic carbocycles. The Labute approximate surface area is 121 Å². The topological polar surface area (TPSA) is 60.5 Å². The number of ether oxygens (including phenoxy) is 2. The van der Waals surface area contributed by atoms with Crippen LogP contribution in [-0.2, 0) is 11.2 Å². The van der Waals surface area contributed by atoms with Crippen LogP contribution in [-0.4, -0.2) is 30.3 Å². The van der Waals surface area contributed by atoms with Gasteiger partial charge in [0.2, 0.25) is 5.88 Å². The van der Waals surface area contributed by atoms with Crippen molar-refractivity contribution < 1.29 is 14.3 Å². The number of amides is 1. The van der Waals surface area contributed by atoms with Gasteiger partial charge in [-0.2, -0.15) is 0 Å². The number of hydrogen-bond donors (Lipinski definition) is 1. The maximum absolute atomic E-state index is 11.5.